The maximum absolute atomic E-state index is 13.9. The predicted molar refractivity (Wildman–Crippen MR) is 89.4 cm³/mol. The molecule has 6 nitrogen and oxygen atoms in total. The lowest BCUT2D eigenvalue weighted by Crippen LogP contribution is -2.37. The Morgan fingerprint density at radius 3 is 2.77 bits per heavy atom. The molecule has 0 bridgehead atoms. The summed E-state index contributed by atoms with van der Waals surface area (Å²) in [7, 11) is 1.79. The molecule has 136 valence electrons. The van der Waals surface area contributed by atoms with Gasteiger partial charge in [0.2, 0.25) is 5.91 Å². The van der Waals surface area contributed by atoms with Gasteiger partial charge in [0.25, 0.3) is 5.91 Å². The fourth-order valence-corrected chi connectivity index (χ4v) is 3.26. The Balaban J connectivity index is 1.59. The van der Waals surface area contributed by atoms with E-state index in [9.17, 15) is 18.4 Å². The maximum atomic E-state index is 13.9. The van der Waals surface area contributed by atoms with Crippen LogP contribution < -0.4 is 5.32 Å². The summed E-state index contributed by atoms with van der Waals surface area (Å²) < 4.78 is 29.0. The normalized spacial score (nSPS) is 16.3. The number of halogens is 2. The average Bonchev–Trinajstić information content (AvgIpc) is 3.43. The first-order valence-electron chi connectivity index (χ1n) is 8.54. The summed E-state index contributed by atoms with van der Waals surface area (Å²) in [6, 6.07) is 2.84. The number of aryl methyl sites for hydroxylation is 1. The molecule has 2 heterocycles. The number of anilines is 1. The topological polar surface area (TPSA) is 67.2 Å². The molecule has 0 unspecified atom stereocenters. The van der Waals surface area contributed by atoms with E-state index in [0.717, 1.165) is 42.3 Å². The molecule has 2 amide bonds. The molecule has 0 spiro atoms. The van der Waals surface area contributed by atoms with Crippen molar-refractivity contribution in [3.8, 4) is 0 Å². The van der Waals surface area contributed by atoms with Gasteiger partial charge in [0.1, 0.15) is 11.6 Å². The Labute approximate surface area is 148 Å². The molecule has 1 fully saturated rings. The van der Waals surface area contributed by atoms with Crippen molar-refractivity contribution in [1.29, 1.82) is 0 Å². The molecule has 1 saturated carbocycles. The van der Waals surface area contributed by atoms with Crippen LogP contribution in [0.15, 0.2) is 18.2 Å². The summed E-state index contributed by atoms with van der Waals surface area (Å²) in [6.45, 7) is 0.565. The quantitative estimate of drug-likeness (QED) is 0.913. The van der Waals surface area contributed by atoms with Gasteiger partial charge in [0.15, 0.2) is 5.82 Å². The van der Waals surface area contributed by atoms with Crippen LogP contribution in [-0.4, -0.2) is 33.0 Å². The summed E-state index contributed by atoms with van der Waals surface area (Å²) in [5, 5.41) is 7.18. The van der Waals surface area contributed by atoms with Gasteiger partial charge in [-0.3, -0.25) is 14.3 Å². The van der Waals surface area contributed by atoms with Gasteiger partial charge >= 0.3 is 0 Å². The maximum Gasteiger partial charge on any atom is 0.257 e. The van der Waals surface area contributed by atoms with Gasteiger partial charge in [-0.2, -0.15) is 5.10 Å². The Hall–Kier alpha value is -2.77. The summed E-state index contributed by atoms with van der Waals surface area (Å²) >= 11 is 0. The van der Waals surface area contributed by atoms with Gasteiger partial charge in [-0.25, -0.2) is 8.78 Å². The van der Waals surface area contributed by atoms with Crippen molar-refractivity contribution >= 4 is 17.6 Å². The first kappa shape index (κ1) is 16.7. The van der Waals surface area contributed by atoms with E-state index in [2.05, 4.69) is 10.4 Å². The van der Waals surface area contributed by atoms with Crippen molar-refractivity contribution in [2.24, 2.45) is 13.0 Å². The lowest BCUT2D eigenvalue weighted by molar-refractivity contribution is -0.117. The molecule has 8 heteroatoms. The molecule has 1 N–H and O–H groups in total. The molecular formula is C18H18F2N4O2. The summed E-state index contributed by atoms with van der Waals surface area (Å²) in [5.74, 6) is -1.57. The lowest BCUT2D eigenvalue weighted by Gasteiger charge is -2.28. The van der Waals surface area contributed by atoms with Crippen LogP contribution in [-0.2, 0) is 24.8 Å². The molecule has 1 aromatic heterocycles. The van der Waals surface area contributed by atoms with Gasteiger partial charge in [0, 0.05) is 37.2 Å². The lowest BCUT2D eigenvalue weighted by atomic mass is 10.1. The molecule has 0 saturated heterocycles. The van der Waals surface area contributed by atoms with Gasteiger partial charge < -0.3 is 10.2 Å². The fraction of sp³-hybridized carbons (Fsp3) is 0.389. The number of carbonyl (C=O) groups excluding carboxylic acids is 2. The van der Waals surface area contributed by atoms with Gasteiger partial charge in [-0.15, -0.1) is 0 Å². The van der Waals surface area contributed by atoms with E-state index in [1.54, 1.807) is 11.7 Å². The third kappa shape index (κ3) is 2.95. The third-order valence-electron chi connectivity index (χ3n) is 4.88. The molecule has 4 rings (SSSR count). The highest BCUT2D eigenvalue weighted by Gasteiger charge is 2.33. The van der Waals surface area contributed by atoms with Crippen LogP contribution in [0.2, 0.25) is 0 Å². The number of carbonyl (C=O) groups is 2. The third-order valence-corrected chi connectivity index (χ3v) is 4.88. The van der Waals surface area contributed by atoms with Gasteiger partial charge in [0.05, 0.1) is 12.1 Å². The molecule has 26 heavy (non-hydrogen) atoms. The number of aromatic nitrogens is 2. The number of benzene rings is 1. The molecule has 2 aliphatic rings. The monoisotopic (exact) mass is 360 g/mol. The summed E-state index contributed by atoms with van der Waals surface area (Å²) in [6.07, 6.45) is 2.29. The second-order valence-electron chi connectivity index (χ2n) is 6.76. The fourth-order valence-electron chi connectivity index (χ4n) is 3.26. The highest BCUT2D eigenvalue weighted by atomic mass is 19.1. The highest BCUT2D eigenvalue weighted by Crippen LogP contribution is 2.32. The Morgan fingerprint density at radius 1 is 1.27 bits per heavy atom. The molecule has 1 aliphatic carbocycles. The van der Waals surface area contributed by atoms with Crippen molar-refractivity contribution < 1.29 is 18.4 Å². The predicted octanol–water partition coefficient (Wildman–Crippen LogP) is 2.25. The van der Waals surface area contributed by atoms with Crippen LogP contribution >= 0.6 is 0 Å². The minimum atomic E-state index is -0.754. The molecule has 2 aromatic rings. The highest BCUT2D eigenvalue weighted by molar-refractivity contribution is 5.96. The minimum absolute atomic E-state index is 0.0374. The van der Waals surface area contributed by atoms with E-state index in [-0.39, 0.29) is 23.9 Å². The van der Waals surface area contributed by atoms with Gasteiger partial charge in [-0.1, -0.05) is 0 Å². The summed E-state index contributed by atoms with van der Waals surface area (Å²) in [5.41, 5.74) is 1.39. The van der Waals surface area contributed by atoms with Crippen LogP contribution in [0.5, 0.6) is 0 Å². The second kappa shape index (κ2) is 6.19. The number of fused-ring (bicyclic) bond motifs is 1. The van der Waals surface area contributed by atoms with Crippen LogP contribution in [0.3, 0.4) is 0 Å². The van der Waals surface area contributed by atoms with Crippen LogP contribution in [0.1, 0.15) is 34.5 Å². The van der Waals surface area contributed by atoms with Gasteiger partial charge in [-0.05, 0) is 31.0 Å². The van der Waals surface area contributed by atoms with Crippen molar-refractivity contribution in [2.75, 3.05) is 11.9 Å². The van der Waals surface area contributed by atoms with Crippen LogP contribution in [0, 0.1) is 17.6 Å². The molecular weight excluding hydrogens is 342 g/mol. The molecule has 0 radical (unpaired) electrons. The molecule has 0 atom stereocenters. The van der Waals surface area contributed by atoms with Crippen molar-refractivity contribution in [3.05, 3.63) is 46.7 Å². The van der Waals surface area contributed by atoms with E-state index in [1.807, 2.05) is 0 Å². The average molecular weight is 360 g/mol. The Morgan fingerprint density at radius 2 is 2.04 bits per heavy atom. The number of nitrogens with zero attached hydrogens (tertiary/aromatic N) is 3. The number of hydrogen-bond donors (Lipinski definition) is 1. The van der Waals surface area contributed by atoms with Crippen molar-refractivity contribution in [3.63, 3.8) is 0 Å². The summed E-state index contributed by atoms with van der Waals surface area (Å²) in [4.78, 5) is 26.2. The van der Waals surface area contributed by atoms with E-state index in [0.29, 0.717) is 18.8 Å². The number of nitrogens with one attached hydrogen (secondary N) is 1. The standard InChI is InChI=1S/C18H18F2N4O2/c1-23-15-6-7-24(18(26)12-8-11(19)4-5-14(12)20)9-13(15)16(22-23)21-17(25)10-2-3-10/h4-5,8,10H,2-3,6-7,9H2,1H3,(H,21,22,25). The van der Waals surface area contributed by atoms with Crippen LogP contribution in [0.4, 0.5) is 14.6 Å². The van der Waals surface area contributed by atoms with E-state index >= 15 is 0 Å². The molecule has 1 aromatic carbocycles. The molecule has 1 aliphatic heterocycles. The first-order chi connectivity index (χ1) is 12.4. The van der Waals surface area contributed by atoms with Crippen LogP contribution in [0.25, 0.3) is 0 Å². The van der Waals surface area contributed by atoms with Crippen molar-refractivity contribution in [2.45, 2.75) is 25.8 Å². The Kier molecular flexibility index (Phi) is 3.97. The Bertz CT molecular complexity index is 905. The smallest absolute Gasteiger partial charge is 0.257 e. The van der Waals surface area contributed by atoms with Crippen molar-refractivity contribution in [1.82, 2.24) is 14.7 Å². The minimum Gasteiger partial charge on any atom is -0.334 e. The van der Waals surface area contributed by atoms with E-state index < -0.39 is 17.5 Å². The first-order valence-corrected chi connectivity index (χ1v) is 8.54. The number of rotatable bonds is 3. The largest absolute Gasteiger partial charge is 0.334 e. The number of amides is 2. The zero-order valence-corrected chi connectivity index (χ0v) is 14.3. The second-order valence-corrected chi connectivity index (χ2v) is 6.76. The zero-order valence-electron chi connectivity index (χ0n) is 14.3. The van der Waals surface area contributed by atoms with E-state index in [1.165, 1.54) is 4.90 Å². The van der Waals surface area contributed by atoms with E-state index in [4.69, 9.17) is 0 Å². The number of hydrogen-bond acceptors (Lipinski definition) is 3. The zero-order chi connectivity index (χ0) is 18.4. The SMILES string of the molecule is Cn1nc(NC(=O)C2CC2)c2c1CCN(C(=O)c1cc(F)ccc1F)C2.